The van der Waals surface area contributed by atoms with Crippen LogP contribution in [0.4, 0.5) is 10.6 Å². The number of carbonyl (C=O) groups excluding carboxylic acids is 4. The lowest BCUT2D eigenvalue weighted by Gasteiger charge is -2.29. The van der Waals surface area contributed by atoms with Gasteiger partial charge in [-0.1, -0.05) is 29.8 Å². The summed E-state index contributed by atoms with van der Waals surface area (Å²) in [5.41, 5.74) is 2.85. The highest BCUT2D eigenvalue weighted by Crippen LogP contribution is 2.28. The van der Waals surface area contributed by atoms with Crippen molar-refractivity contribution in [2.24, 2.45) is 0 Å². The number of pyridine rings is 1. The molecule has 2 aliphatic rings. The number of anilines is 1. The van der Waals surface area contributed by atoms with E-state index in [-0.39, 0.29) is 24.8 Å². The molecule has 0 aliphatic carbocycles. The standard InChI is InChI=1S/C21H20ClN5O4/c1-11-2-6-16(24-18(11)22)25-21(31)23-9-12-3-4-13-10-27(20(30)14(13)8-12)15-5-7-17(28)26-19(15)29/h2-4,6,8,15H,5,7,9-10H2,1H3,(H,26,28,29)(H2,23,24,25,31). The fourth-order valence-corrected chi connectivity index (χ4v) is 3.78. The summed E-state index contributed by atoms with van der Waals surface area (Å²) >= 11 is 5.96. The van der Waals surface area contributed by atoms with Crippen molar-refractivity contribution in [1.29, 1.82) is 0 Å². The predicted molar refractivity (Wildman–Crippen MR) is 112 cm³/mol. The molecule has 4 rings (SSSR count). The van der Waals surface area contributed by atoms with Gasteiger partial charge in [0, 0.05) is 25.1 Å². The Bertz CT molecular complexity index is 1100. The zero-order chi connectivity index (χ0) is 22.1. The molecule has 1 aromatic heterocycles. The molecule has 1 unspecified atom stereocenters. The number of imide groups is 1. The molecule has 5 amide bonds. The fraction of sp³-hybridized carbons (Fsp3) is 0.286. The number of aromatic nitrogens is 1. The van der Waals surface area contributed by atoms with Gasteiger partial charge in [0.2, 0.25) is 11.8 Å². The molecule has 1 saturated heterocycles. The molecular weight excluding hydrogens is 422 g/mol. The van der Waals surface area contributed by atoms with Crippen LogP contribution in [0.1, 0.15) is 39.9 Å². The lowest BCUT2D eigenvalue weighted by atomic mass is 10.0. The van der Waals surface area contributed by atoms with Crippen LogP contribution in [0.2, 0.25) is 5.15 Å². The quantitative estimate of drug-likeness (QED) is 0.495. The maximum atomic E-state index is 12.9. The molecule has 3 heterocycles. The van der Waals surface area contributed by atoms with Crippen molar-refractivity contribution in [3.63, 3.8) is 0 Å². The van der Waals surface area contributed by atoms with E-state index in [4.69, 9.17) is 11.6 Å². The Labute approximate surface area is 183 Å². The Morgan fingerprint density at radius 2 is 2.06 bits per heavy atom. The van der Waals surface area contributed by atoms with Crippen molar-refractivity contribution < 1.29 is 19.2 Å². The zero-order valence-electron chi connectivity index (χ0n) is 16.7. The Balaban J connectivity index is 1.38. The van der Waals surface area contributed by atoms with Crippen LogP contribution >= 0.6 is 11.6 Å². The number of piperidine rings is 1. The van der Waals surface area contributed by atoms with Gasteiger partial charge in [0.1, 0.15) is 17.0 Å². The molecule has 0 radical (unpaired) electrons. The maximum Gasteiger partial charge on any atom is 0.320 e. The van der Waals surface area contributed by atoms with E-state index in [2.05, 4.69) is 20.9 Å². The Kier molecular flexibility index (Phi) is 5.60. The number of hydrogen-bond acceptors (Lipinski definition) is 5. The number of benzene rings is 1. The van der Waals surface area contributed by atoms with Gasteiger partial charge < -0.3 is 10.2 Å². The number of hydrogen-bond donors (Lipinski definition) is 3. The lowest BCUT2D eigenvalue weighted by molar-refractivity contribution is -0.136. The average molecular weight is 442 g/mol. The summed E-state index contributed by atoms with van der Waals surface area (Å²) in [6, 6.07) is 7.65. The minimum atomic E-state index is -0.654. The van der Waals surface area contributed by atoms with Crippen LogP contribution in [0.15, 0.2) is 30.3 Å². The van der Waals surface area contributed by atoms with Crippen molar-refractivity contribution in [2.45, 2.75) is 38.9 Å². The number of fused-ring (bicyclic) bond motifs is 1. The smallest absolute Gasteiger partial charge is 0.320 e. The fourth-order valence-electron chi connectivity index (χ4n) is 3.63. The monoisotopic (exact) mass is 441 g/mol. The predicted octanol–water partition coefficient (Wildman–Crippen LogP) is 2.13. The van der Waals surface area contributed by atoms with Gasteiger partial charge in [0.15, 0.2) is 0 Å². The van der Waals surface area contributed by atoms with Crippen molar-refractivity contribution in [3.05, 3.63) is 57.7 Å². The van der Waals surface area contributed by atoms with Gasteiger partial charge in [-0.05, 0) is 42.2 Å². The number of nitrogens with zero attached hydrogens (tertiary/aromatic N) is 2. The third-order valence-corrected chi connectivity index (χ3v) is 5.71. The van der Waals surface area contributed by atoms with Crippen LogP contribution in [0.25, 0.3) is 0 Å². The van der Waals surface area contributed by atoms with Crippen LogP contribution < -0.4 is 16.0 Å². The van der Waals surface area contributed by atoms with E-state index >= 15 is 0 Å². The van der Waals surface area contributed by atoms with Crippen molar-refractivity contribution in [3.8, 4) is 0 Å². The lowest BCUT2D eigenvalue weighted by Crippen LogP contribution is -2.52. The maximum absolute atomic E-state index is 12.9. The first-order valence-corrected chi connectivity index (χ1v) is 10.1. The zero-order valence-corrected chi connectivity index (χ0v) is 17.5. The Morgan fingerprint density at radius 3 is 2.81 bits per heavy atom. The van der Waals surface area contributed by atoms with Crippen LogP contribution in [-0.2, 0) is 22.7 Å². The highest BCUT2D eigenvalue weighted by Gasteiger charge is 2.39. The Morgan fingerprint density at radius 1 is 1.26 bits per heavy atom. The normalized spacial score (nSPS) is 17.9. The van der Waals surface area contributed by atoms with E-state index in [1.807, 2.05) is 19.1 Å². The average Bonchev–Trinajstić information content (AvgIpc) is 3.05. The summed E-state index contributed by atoms with van der Waals surface area (Å²) in [7, 11) is 0. The minimum Gasteiger partial charge on any atom is -0.334 e. The van der Waals surface area contributed by atoms with Gasteiger partial charge in [-0.2, -0.15) is 0 Å². The number of aryl methyl sites for hydroxylation is 1. The van der Waals surface area contributed by atoms with Crippen molar-refractivity contribution in [1.82, 2.24) is 20.5 Å². The highest BCUT2D eigenvalue weighted by atomic mass is 35.5. The van der Waals surface area contributed by atoms with E-state index in [1.165, 1.54) is 4.90 Å². The van der Waals surface area contributed by atoms with Gasteiger partial charge >= 0.3 is 6.03 Å². The number of nitrogens with one attached hydrogen (secondary N) is 3. The van der Waals surface area contributed by atoms with E-state index < -0.39 is 18.0 Å². The summed E-state index contributed by atoms with van der Waals surface area (Å²) in [6.45, 7) is 2.33. The van der Waals surface area contributed by atoms with E-state index in [9.17, 15) is 19.2 Å². The third kappa shape index (κ3) is 4.36. The van der Waals surface area contributed by atoms with Gasteiger partial charge in [0.25, 0.3) is 5.91 Å². The molecule has 1 aromatic carbocycles. The highest BCUT2D eigenvalue weighted by molar-refractivity contribution is 6.30. The first-order chi connectivity index (χ1) is 14.8. The van der Waals surface area contributed by atoms with Crippen molar-refractivity contribution >= 4 is 41.2 Å². The molecule has 0 saturated carbocycles. The molecule has 160 valence electrons. The molecule has 2 aliphatic heterocycles. The molecule has 1 fully saturated rings. The second-order valence-corrected chi connectivity index (χ2v) is 7.86. The van der Waals surface area contributed by atoms with Crippen LogP contribution in [0, 0.1) is 6.92 Å². The topological polar surface area (TPSA) is 121 Å². The number of urea groups is 1. The molecule has 0 spiro atoms. The number of rotatable bonds is 4. The van der Waals surface area contributed by atoms with E-state index in [1.54, 1.807) is 18.2 Å². The van der Waals surface area contributed by atoms with Gasteiger partial charge in [-0.25, -0.2) is 9.78 Å². The molecule has 3 N–H and O–H groups in total. The van der Waals surface area contributed by atoms with Crippen LogP contribution in [0.3, 0.4) is 0 Å². The minimum absolute atomic E-state index is 0.199. The third-order valence-electron chi connectivity index (χ3n) is 5.32. The summed E-state index contributed by atoms with van der Waals surface area (Å²) in [6.07, 6.45) is 0.526. The molecule has 10 heteroatoms. The molecule has 1 atom stereocenters. The first kappa shape index (κ1) is 20.8. The molecule has 9 nitrogen and oxygen atoms in total. The van der Waals surface area contributed by atoms with Crippen molar-refractivity contribution in [2.75, 3.05) is 5.32 Å². The molecular formula is C21H20ClN5O4. The van der Waals surface area contributed by atoms with Crippen LogP contribution in [-0.4, -0.2) is 39.7 Å². The molecule has 2 aromatic rings. The summed E-state index contributed by atoms with van der Waals surface area (Å²) in [4.78, 5) is 54.1. The van der Waals surface area contributed by atoms with E-state index in [0.29, 0.717) is 29.5 Å². The second-order valence-electron chi connectivity index (χ2n) is 7.50. The van der Waals surface area contributed by atoms with E-state index in [0.717, 1.165) is 16.7 Å². The first-order valence-electron chi connectivity index (χ1n) is 9.76. The SMILES string of the molecule is Cc1ccc(NC(=O)NCc2ccc3c(c2)C(=O)N(C2CCC(=O)NC2=O)C3)nc1Cl. The summed E-state index contributed by atoms with van der Waals surface area (Å²) in [5, 5.41) is 7.92. The Hall–Kier alpha value is -3.46. The largest absolute Gasteiger partial charge is 0.334 e. The van der Waals surface area contributed by atoms with Gasteiger partial charge in [0.05, 0.1) is 0 Å². The van der Waals surface area contributed by atoms with Gasteiger partial charge in [-0.15, -0.1) is 0 Å². The molecule has 0 bridgehead atoms. The van der Waals surface area contributed by atoms with Crippen LogP contribution in [0.5, 0.6) is 0 Å². The number of amides is 5. The summed E-state index contributed by atoms with van der Waals surface area (Å²) < 4.78 is 0. The molecule has 31 heavy (non-hydrogen) atoms. The van der Waals surface area contributed by atoms with Gasteiger partial charge in [-0.3, -0.25) is 25.0 Å². The summed E-state index contributed by atoms with van der Waals surface area (Å²) in [5.74, 6) is -0.688. The number of carbonyl (C=O) groups is 4. The number of halogens is 1. The second kappa shape index (κ2) is 8.35.